The summed E-state index contributed by atoms with van der Waals surface area (Å²) in [4.78, 5) is 10.8. The number of carbonyl (C=O) groups is 1. The highest BCUT2D eigenvalue weighted by atomic mass is 16.7. The summed E-state index contributed by atoms with van der Waals surface area (Å²) in [7, 11) is 0. The van der Waals surface area contributed by atoms with Crippen LogP contribution in [-0.2, 0) is 23.7 Å². The van der Waals surface area contributed by atoms with Crippen LogP contribution in [0.4, 0.5) is 0 Å². The second-order valence-electron chi connectivity index (χ2n) is 4.74. The monoisotopic (exact) mass is 230 g/mol. The Hall–Kier alpha value is -0.650. The van der Waals surface area contributed by atoms with Gasteiger partial charge in [-0.05, 0) is 13.8 Å². The van der Waals surface area contributed by atoms with Crippen LogP contribution >= 0.6 is 0 Å². The molecule has 0 aromatic heterocycles. The van der Waals surface area contributed by atoms with E-state index in [2.05, 4.69) is 0 Å². The summed E-state index contributed by atoms with van der Waals surface area (Å²) in [5, 5.41) is 0. The molecule has 0 bridgehead atoms. The molecular weight excluding hydrogens is 212 g/mol. The quantitative estimate of drug-likeness (QED) is 0.666. The van der Waals surface area contributed by atoms with E-state index in [0.29, 0.717) is 32.8 Å². The molecule has 2 unspecified atom stereocenters. The smallest absolute Gasteiger partial charge is 0.306 e. The van der Waals surface area contributed by atoms with Gasteiger partial charge < -0.3 is 18.9 Å². The zero-order valence-electron chi connectivity index (χ0n) is 9.73. The molecule has 0 amide bonds. The van der Waals surface area contributed by atoms with Gasteiger partial charge in [-0.3, -0.25) is 4.79 Å². The molecule has 5 nitrogen and oxygen atoms in total. The molecule has 2 heterocycles. The van der Waals surface area contributed by atoms with E-state index in [1.807, 2.05) is 13.8 Å². The molecule has 0 aliphatic carbocycles. The fourth-order valence-corrected chi connectivity index (χ4v) is 1.88. The number of ether oxygens (including phenoxy) is 4. The number of hydrogen-bond donors (Lipinski definition) is 0. The number of cyclic esters (lactones) is 1. The van der Waals surface area contributed by atoms with Crippen molar-refractivity contribution in [3.05, 3.63) is 0 Å². The Labute approximate surface area is 95.0 Å². The lowest BCUT2D eigenvalue weighted by Gasteiger charge is -2.17. The first-order valence-electron chi connectivity index (χ1n) is 5.60. The molecule has 2 aliphatic heterocycles. The molecule has 2 atom stereocenters. The maximum atomic E-state index is 10.8. The first kappa shape index (κ1) is 11.8. The summed E-state index contributed by atoms with van der Waals surface area (Å²) in [6, 6.07) is 0. The van der Waals surface area contributed by atoms with E-state index in [1.54, 1.807) is 0 Å². The van der Waals surface area contributed by atoms with Gasteiger partial charge in [0.25, 0.3) is 0 Å². The molecule has 92 valence electrons. The second-order valence-corrected chi connectivity index (χ2v) is 4.74. The lowest BCUT2D eigenvalue weighted by molar-refractivity contribution is -0.145. The Bertz CT molecular complexity index is 263. The van der Waals surface area contributed by atoms with Crippen LogP contribution in [0.1, 0.15) is 20.3 Å². The van der Waals surface area contributed by atoms with Crippen molar-refractivity contribution in [2.45, 2.75) is 32.2 Å². The predicted molar refractivity (Wildman–Crippen MR) is 54.8 cm³/mol. The van der Waals surface area contributed by atoms with Crippen molar-refractivity contribution in [3.63, 3.8) is 0 Å². The average Bonchev–Trinajstić information content (AvgIpc) is 2.73. The Morgan fingerprint density at radius 3 is 2.75 bits per heavy atom. The van der Waals surface area contributed by atoms with Crippen LogP contribution in [0.3, 0.4) is 0 Å². The summed E-state index contributed by atoms with van der Waals surface area (Å²) in [5.74, 6) is -0.432. The average molecular weight is 230 g/mol. The first-order chi connectivity index (χ1) is 7.55. The molecule has 0 aromatic rings. The lowest BCUT2D eigenvalue weighted by Crippen LogP contribution is -2.25. The topological polar surface area (TPSA) is 54.0 Å². The Kier molecular flexibility index (Phi) is 3.47. The zero-order valence-corrected chi connectivity index (χ0v) is 9.73. The lowest BCUT2D eigenvalue weighted by atomic mass is 10.1. The van der Waals surface area contributed by atoms with E-state index in [0.717, 1.165) is 0 Å². The fourth-order valence-electron chi connectivity index (χ4n) is 1.88. The number of esters is 1. The van der Waals surface area contributed by atoms with Crippen molar-refractivity contribution >= 4 is 5.97 Å². The minimum absolute atomic E-state index is 0.00646. The van der Waals surface area contributed by atoms with Crippen LogP contribution in [0.5, 0.6) is 0 Å². The molecule has 0 N–H and O–H groups in total. The minimum Gasteiger partial charge on any atom is -0.465 e. The minimum atomic E-state index is -0.500. The van der Waals surface area contributed by atoms with Crippen molar-refractivity contribution < 1.29 is 23.7 Å². The number of carbonyl (C=O) groups excluding carboxylic acids is 1. The van der Waals surface area contributed by atoms with Crippen LogP contribution in [-0.4, -0.2) is 44.3 Å². The molecule has 16 heavy (non-hydrogen) atoms. The molecule has 2 saturated heterocycles. The van der Waals surface area contributed by atoms with Crippen molar-refractivity contribution in [2.24, 2.45) is 5.92 Å². The summed E-state index contributed by atoms with van der Waals surface area (Å²) in [6.07, 6.45) is 0.459. The van der Waals surface area contributed by atoms with Crippen LogP contribution in [0.25, 0.3) is 0 Å². The normalized spacial score (nSPS) is 33.0. The largest absolute Gasteiger partial charge is 0.465 e. The van der Waals surface area contributed by atoms with Gasteiger partial charge in [0, 0.05) is 5.92 Å². The Balaban J connectivity index is 1.60. The summed E-state index contributed by atoms with van der Waals surface area (Å²) < 4.78 is 21.4. The predicted octanol–water partition coefficient (Wildman–Crippen LogP) is 0.718. The van der Waals surface area contributed by atoms with Crippen LogP contribution in [0.15, 0.2) is 0 Å². The van der Waals surface area contributed by atoms with Crippen LogP contribution < -0.4 is 0 Å². The SMILES string of the molecule is CC1(C)OCC(COCC2COC(=O)C2)O1. The third-order valence-corrected chi connectivity index (χ3v) is 2.66. The number of rotatable bonds is 4. The molecule has 0 radical (unpaired) electrons. The first-order valence-corrected chi connectivity index (χ1v) is 5.60. The molecule has 2 fully saturated rings. The van der Waals surface area contributed by atoms with E-state index in [1.165, 1.54) is 0 Å². The van der Waals surface area contributed by atoms with Gasteiger partial charge in [0.05, 0.1) is 32.8 Å². The third-order valence-electron chi connectivity index (χ3n) is 2.66. The third kappa shape index (κ3) is 3.17. The van der Waals surface area contributed by atoms with Gasteiger partial charge in [0.2, 0.25) is 0 Å². The molecule has 2 aliphatic rings. The van der Waals surface area contributed by atoms with Gasteiger partial charge in [-0.1, -0.05) is 0 Å². The van der Waals surface area contributed by atoms with Crippen LogP contribution in [0.2, 0.25) is 0 Å². The van der Waals surface area contributed by atoms with Gasteiger partial charge in [0.1, 0.15) is 6.10 Å². The van der Waals surface area contributed by atoms with Crippen molar-refractivity contribution in [3.8, 4) is 0 Å². The van der Waals surface area contributed by atoms with E-state index < -0.39 is 5.79 Å². The molecule has 0 spiro atoms. The highest BCUT2D eigenvalue weighted by molar-refractivity contribution is 5.71. The maximum Gasteiger partial charge on any atom is 0.306 e. The van der Waals surface area contributed by atoms with Crippen LogP contribution in [0, 0.1) is 5.92 Å². The van der Waals surface area contributed by atoms with E-state index >= 15 is 0 Å². The van der Waals surface area contributed by atoms with Crippen molar-refractivity contribution in [1.29, 1.82) is 0 Å². The maximum absolute atomic E-state index is 10.8. The second kappa shape index (κ2) is 4.69. The van der Waals surface area contributed by atoms with Gasteiger partial charge >= 0.3 is 5.97 Å². The highest BCUT2D eigenvalue weighted by Gasteiger charge is 2.33. The highest BCUT2D eigenvalue weighted by Crippen LogP contribution is 2.22. The van der Waals surface area contributed by atoms with E-state index in [-0.39, 0.29) is 18.0 Å². The molecular formula is C11H18O5. The van der Waals surface area contributed by atoms with Gasteiger partial charge in [-0.2, -0.15) is 0 Å². The summed E-state index contributed by atoms with van der Waals surface area (Å²) in [6.45, 7) is 5.87. The molecule has 0 aromatic carbocycles. The Morgan fingerprint density at radius 1 is 1.38 bits per heavy atom. The Morgan fingerprint density at radius 2 is 2.19 bits per heavy atom. The van der Waals surface area contributed by atoms with Gasteiger partial charge in [-0.15, -0.1) is 0 Å². The van der Waals surface area contributed by atoms with E-state index in [9.17, 15) is 4.79 Å². The summed E-state index contributed by atoms with van der Waals surface area (Å²) >= 11 is 0. The number of hydrogen-bond acceptors (Lipinski definition) is 5. The summed E-state index contributed by atoms with van der Waals surface area (Å²) in [5.41, 5.74) is 0. The molecule has 5 heteroatoms. The standard InChI is InChI=1S/C11H18O5/c1-11(2)15-7-9(16-11)6-13-4-8-3-10(12)14-5-8/h8-9H,3-7H2,1-2H3. The van der Waals surface area contributed by atoms with E-state index in [4.69, 9.17) is 18.9 Å². The van der Waals surface area contributed by atoms with Gasteiger partial charge in [-0.25, -0.2) is 0 Å². The zero-order chi connectivity index (χ0) is 11.6. The van der Waals surface area contributed by atoms with Crippen molar-refractivity contribution in [2.75, 3.05) is 26.4 Å². The molecule has 0 saturated carbocycles. The molecule has 2 rings (SSSR count). The van der Waals surface area contributed by atoms with Gasteiger partial charge in [0.15, 0.2) is 5.79 Å². The van der Waals surface area contributed by atoms with Crippen molar-refractivity contribution in [1.82, 2.24) is 0 Å². The fraction of sp³-hybridized carbons (Fsp3) is 0.909.